The molecular formula is C29H33ClN4O2S. The Bertz CT molecular complexity index is 1340. The predicted molar refractivity (Wildman–Crippen MR) is 151 cm³/mol. The van der Waals surface area contributed by atoms with Crippen LogP contribution in [0.2, 0.25) is 5.02 Å². The van der Waals surface area contributed by atoms with Gasteiger partial charge in [-0.2, -0.15) is 5.10 Å². The smallest absolute Gasteiger partial charge is 0.242 e. The minimum Gasteiger partial charge on any atom is -0.341 e. The molecule has 1 saturated heterocycles. The van der Waals surface area contributed by atoms with Crippen molar-refractivity contribution in [3.8, 4) is 5.69 Å². The number of fused-ring (bicyclic) bond motifs is 1. The molecule has 1 unspecified atom stereocenters. The Hall–Kier alpha value is -2.77. The molecule has 0 N–H and O–H groups in total. The second-order valence-electron chi connectivity index (χ2n) is 10.8. The lowest BCUT2D eigenvalue weighted by atomic mass is 9.87. The number of anilines is 1. The minimum atomic E-state index is -0.309. The first-order valence-corrected chi connectivity index (χ1v) is 14.2. The van der Waals surface area contributed by atoms with Gasteiger partial charge in [-0.1, -0.05) is 68.8 Å². The quantitative estimate of drug-likeness (QED) is 0.415. The number of para-hydroxylation sites is 1. The van der Waals surface area contributed by atoms with E-state index in [0.717, 1.165) is 54.0 Å². The molecule has 0 saturated carbocycles. The summed E-state index contributed by atoms with van der Waals surface area (Å²) in [6, 6.07) is 15.8. The monoisotopic (exact) mass is 536 g/mol. The molecule has 37 heavy (non-hydrogen) atoms. The van der Waals surface area contributed by atoms with E-state index in [2.05, 4.69) is 20.8 Å². The van der Waals surface area contributed by atoms with Gasteiger partial charge in [0.05, 0.1) is 22.4 Å². The van der Waals surface area contributed by atoms with Crippen LogP contribution in [0.1, 0.15) is 61.2 Å². The Balaban J connectivity index is 1.78. The van der Waals surface area contributed by atoms with Crippen LogP contribution in [0.4, 0.5) is 5.82 Å². The van der Waals surface area contributed by atoms with Crippen molar-refractivity contribution in [2.45, 2.75) is 51.2 Å². The fourth-order valence-electron chi connectivity index (χ4n) is 5.18. The van der Waals surface area contributed by atoms with Crippen LogP contribution in [0.15, 0.2) is 48.5 Å². The zero-order valence-corrected chi connectivity index (χ0v) is 23.4. The molecule has 0 bridgehead atoms. The number of carbonyl (C=O) groups excluding carboxylic acids is 2. The summed E-state index contributed by atoms with van der Waals surface area (Å²) >= 11 is 8.29. The van der Waals surface area contributed by atoms with E-state index < -0.39 is 0 Å². The number of likely N-dealkylation sites (tertiary alicyclic amines) is 1. The first-order valence-electron chi connectivity index (χ1n) is 12.8. The number of aromatic nitrogens is 2. The van der Waals surface area contributed by atoms with Gasteiger partial charge in [-0.3, -0.25) is 14.5 Å². The summed E-state index contributed by atoms with van der Waals surface area (Å²) < 4.78 is 1.89. The van der Waals surface area contributed by atoms with E-state index in [9.17, 15) is 9.59 Å². The van der Waals surface area contributed by atoms with Crippen LogP contribution < -0.4 is 4.90 Å². The van der Waals surface area contributed by atoms with E-state index in [1.165, 1.54) is 0 Å². The Kier molecular flexibility index (Phi) is 7.12. The second kappa shape index (κ2) is 10.2. The number of benzene rings is 2. The molecule has 2 aromatic carbocycles. The molecule has 8 heteroatoms. The number of amides is 2. The molecule has 1 atom stereocenters. The molecule has 5 rings (SSSR count). The molecule has 1 aromatic heterocycles. The Labute approximate surface area is 228 Å². The molecule has 3 heterocycles. The summed E-state index contributed by atoms with van der Waals surface area (Å²) in [7, 11) is 0. The standard InChI is InChI=1S/C29H33ClN4O2S/c1-19-11-5-8-14-22(19)34-28-25(27(31-34)29(2,3)4)26(20-12-6-7-13-21(20)30)37-18-24(36)33(28)17-23(35)32-15-9-10-16-32/h5-8,11-14,26H,9-10,15-18H2,1-4H3. The Morgan fingerprint density at radius 2 is 1.76 bits per heavy atom. The highest BCUT2D eigenvalue weighted by Crippen LogP contribution is 2.49. The molecule has 2 aliphatic rings. The van der Waals surface area contributed by atoms with Gasteiger partial charge in [0.1, 0.15) is 12.4 Å². The number of hydrogen-bond acceptors (Lipinski definition) is 4. The number of nitrogens with zero attached hydrogens (tertiary/aromatic N) is 4. The van der Waals surface area contributed by atoms with E-state index in [1.54, 1.807) is 16.7 Å². The third-order valence-electron chi connectivity index (χ3n) is 7.08. The molecule has 0 spiro atoms. The maximum atomic E-state index is 13.8. The third kappa shape index (κ3) is 4.91. The first-order chi connectivity index (χ1) is 17.7. The fourth-order valence-corrected chi connectivity index (χ4v) is 6.72. The van der Waals surface area contributed by atoms with Gasteiger partial charge < -0.3 is 4.90 Å². The van der Waals surface area contributed by atoms with Gasteiger partial charge in [0.25, 0.3) is 0 Å². The van der Waals surface area contributed by atoms with Gasteiger partial charge in [-0.05, 0) is 43.0 Å². The van der Waals surface area contributed by atoms with E-state index >= 15 is 0 Å². The SMILES string of the molecule is Cc1ccccc1-n1nc(C(C)(C)C)c2c1N(CC(=O)N1CCCC1)C(=O)CSC2c1ccccc1Cl. The molecule has 2 aliphatic heterocycles. The maximum absolute atomic E-state index is 13.8. The minimum absolute atomic E-state index is 0.00277. The molecular weight excluding hydrogens is 504 g/mol. The van der Waals surface area contributed by atoms with Crippen LogP contribution in [-0.2, 0) is 15.0 Å². The van der Waals surface area contributed by atoms with Gasteiger partial charge >= 0.3 is 0 Å². The molecule has 0 radical (unpaired) electrons. The summed E-state index contributed by atoms with van der Waals surface area (Å²) in [5, 5.41) is 5.63. The van der Waals surface area contributed by atoms with Crippen LogP contribution in [0.5, 0.6) is 0 Å². The zero-order chi connectivity index (χ0) is 26.3. The van der Waals surface area contributed by atoms with Crippen LogP contribution >= 0.6 is 23.4 Å². The van der Waals surface area contributed by atoms with Crippen molar-refractivity contribution in [1.82, 2.24) is 14.7 Å². The van der Waals surface area contributed by atoms with Crippen molar-refractivity contribution < 1.29 is 9.59 Å². The molecule has 2 amide bonds. The predicted octanol–water partition coefficient (Wildman–Crippen LogP) is 5.92. The molecule has 0 aliphatic carbocycles. The van der Waals surface area contributed by atoms with Crippen molar-refractivity contribution in [2.24, 2.45) is 0 Å². The van der Waals surface area contributed by atoms with Crippen molar-refractivity contribution in [3.63, 3.8) is 0 Å². The summed E-state index contributed by atoms with van der Waals surface area (Å²) in [6.07, 6.45) is 2.01. The highest BCUT2D eigenvalue weighted by Gasteiger charge is 2.41. The van der Waals surface area contributed by atoms with E-state index in [0.29, 0.717) is 10.8 Å². The number of thioether (sulfide) groups is 1. The molecule has 6 nitrogen and oxygen atoms in total. The third-order valence-corrected chi connectivity index (χ3v) is 8.66. The zero-order valence-electron chi connectivity index (χ0n) is 21.8. The number of rotatable bonds is 4. The van der Waals surface area contributed by atoms with Crippen LogP contribution in [-0.4, -0.2) is 51.9 Å². The summed E-state index contributed by atoms with van der Waals surface area (Å²) in [4.78, 5) is 30.7. The van der Waals surface area contributed by atoms with Gasteiger partial charge in [0, 0.05) is 29.1 Å². The molecule has 3 aromatic rings. The van der Waals surface area contributed by atoms with E-state index in [-0.39, 0.29) is 34.8 Å². The van der Waals surface area contributed by atoms with Crippen LogP contribution in [0, 0.1) is 6.92 Å². The summed E-state index contributed by atoms with van der Waals surface area (Å²) in [5.41, 5.74) is 4.43. The lowest BCUT2D eigenvalue weighted by molar-refractivity contribution is -0.130. The largest absolute Gasteiger partial charge is 0.341 e. The molecule has 194 valence electrons. The Morgan fingerprint density at radius 3 is 2.43 bits per heavy atom. The van der Waals surface area contributed by atoms with Crippen molar-refractivity contribution in [1.29, 1.82) is 0 Å². The Morgan fingerprint density at radius 1 is 1.08 bits per heavy atom. The average molecular weight is 537 g/mol. The van der Waals surface area contributed by atoms with Gasteiger partial charge in [0.2, 0.25) is 11.8 Å². The second-order valence-corrected chi connectivity index (χ2v) is 12.3. The number of carbonyl (C=O) groups is 2. The normalized spacial score (nSPS) is 18.2. The van der Waals surface area contributed by atoms with Crippen LogP contribution in [0.25, 0.3) is 5.69 Å². The highest BCUT2D eigenvalue weighted by atomic mass is 35.5. The average Bonchev–Trinajstić information content (AvgIpc) is 3.50. The lowest BCUT2D eigenvalue weighted by Gasteiger charge is -2.26. The van der Waals surface area contributed by atoms with Gasteiger partial charge in [0.15, 0.2) is 0 Å². The maximum Gasteiger partial charge on any atom is 0.242 e. The number of aryl methyl sites for hydroxylation is 1. The van der Waals surface area contributed by atoms with E-state index in [4.69, 9.17) is 16.7 Å². The first kappa shape index (κ1) is 25.9. The van der Waals surface area contributed by atoms with Crippen molar-refractivity contribution in [2.75, 3.05) is 30.3 Å². The fraction of sp³-hybridized carbons (Fsp3) is 0.414. The van der Waals surface area contributed by atoms with Gasteiger partial charge in [-0.25, -0.2) is 4.68 Å². The van der Waals surface area contributed by atoms with Crippen LogP contribution in [0.3, 0.4) is 0 Å². The number of hydrogen-bond donors (Lipinski definition) is 0. The summed E-state index contributed by atoms with van der Waals surface area (Å²) in [5.74, 6) is 0.804. The highest BCUT2D eigenvalue weighted by molar-refractivity contribution is 8.00. The number of halogens is 1. The lowest BCUT2D eigenvalue weighted by Crippen LogP contribution is -2.43. The van der Waals surface area contributed by atoms with E-state index in [1.807, 2.05) is 65.0 Å². The van der Waals surface area contributed by atoms with Gasteiger partial charge in [-0.15, -0.1) is 11.8 Å². The van der Waals surface area contributed by atoms with Crippen molar-refractivity contribution >= 4 is 41.0 Å². The topological polar surface area (TPSA) is 58.4 Å². The summed E-state index contributed by atoms with van der Waals surface area (Å²) in [6.45, 7) is 9.95. The molecule has 1 fully saturated rings. The van der Waals surface area contributed by atoms with Crippen molar-refractivity contribution in [3.05, 3.63) is 75.9 Å².